The van der Waals surface area contributed by atoms with Crippen molar-refractivity contribution in [3.63, 3.8) is 0 Å². The molecule has 0 spiro atoms. The molecular weight excluding hydrogens is 152 g/mol. The number of likely N-dealkylation sites (N-methyl/N-ethyl adjacent to an activating group) is 1. The zero-order chi connectivity index (χ0) is 8.48. The van der Waals surface area contributed by atoms with E-state index in [1.807, 2.05) is 0 Å². The number of nitrogens with zero attached hydrogens (tertiary/aromatic N) is 1. The van der Waals surface area contributed by atoms with Crippen molar-refractivity contribution in [3.05, 3.63) is 0 Å². The lowest BCUT2D eigenvalue weighted by atomic mass is 10.2. The van der Waals surface area contributed by atoms with E-state index in [0.29, 0.717) is 0 Å². The summed E-state index contributed by atoms with van der Waals surface area (Å²) in [4.78, 5) is 2.52. The van der Waals surface area contributed by atoms with Gasteiger partial charge in [-0.25, -0.2) is 0 Å². The first-order chi connectivity index (χ1) is 4.99. The monoisotopic (exact) mass is 172 g/mol. The van der Waals surface area contributed by atoms with Crippen LogP contribution in [0.25, 0.3) is 0 Å². The predicted octanol–water partition coefficient (Wildman–Crippen LogP) is 0.767. The van der Waals surface area contributed by atoms with Gasteiger partial charge < -0.3 is 10.2 Å². The summed E-state index contributed by atoms with van der Waals surface area (Å²) in [6.07, 6.45) is 1.33. The molecule has 1 rings (SSSR count). The van der Waals surface area contributed by atoms with Gasteiger partial charge in [0.1, 0.15) is 0 Å². The Bertz CT molecular complexity index is 127. The number of nitrogens with one attached hydrogen (secondary N) is 1. The highest BCUT2D eigenvalue weighted by Gasteiger charge is 2.25. The Morgan fingerprint density at radius 1 is 1.36 bits per heavy atom. The lowest BCUT2D eigenvalue weighted by molar-refractivity contribution is 0.203. The maximum atomic E-state index is 3.30. The molecule has 0 atom stereocenters. The molecule has 11 heavy (non-hydrogen) atoms. The van der Waals surface area contributed by atoms with Gasteiger partial charge in [0.2, 0.25) is 0 Å². The van der Waals surface area contributed by atoms with Crippen LogP contribution in [0.15, 0.2) is 0 Å². The minimum absolute atomic E-state index is 0.821. The molecule has 3 heteroatoms. The van der Waals surface area contributed by atoms with Gasteiger partial charge >= 0.3 is 0 Å². The molecule has 1 saturated heterocycles. The molecule has 0 unspecified atom stereocenters. The molecule has 1 aliphatic rings. The van der Waals surface area contributed by atoms with Crippen molar-refractivity contribution in [2.24, 2.45) is 0 Å². The molecule has 0 saturated carbocycles. The standard InChI is InChI=1S/C8H20N2Si/c1-10(7-11(2,3)4)8-5-9-6-8/h8-9H,5-7H2,1-4H3. The van der Waals surface area contributed by atoms with E-state index in [-0.39, 0.29) is 0 Å². The molecule has 1 aliphatic heterocycles. The minimum Gasteiger partial charge on any atom is -0.314 e. The molecule has 0 amide bonds. The van der Waals surface area contributed by atoms with E-state index in [4.69, 9.17) is 0 Å². The zero-order valence-corrected chi connectivity index (χ0v) is 9.15. The Morgan fingerprint density at radius 2 is 1.91 bits per heavy atom. The van der Waals surface area contributed by atoms with E-state index >= 15 is 0 Å². The topological polar surface area (TPSA) is 15.3 Å². The minimum atomic E-state index is -0.867. The summed E-state index contributed by atoms with van der Waals surface area (Å²) >= 11 is 0. The average Bonchev–Trinajstić information content (AvgIpc) is 1.50. The third-order valence-corrected chi connectivity index (χ3v) is 3.55. The van der Waals surface area contributed by atoms with Crippen molar-refractivity contribution < 1.29 is 0 Å². The highest BCUT2D eigenvalue weighted by Crippen LogP contribution is 2.08. The van der Waals surface area contributed by atoms with Gasteiger partial charge in [0, 0.05) is 19.1 Å². The maximum absolute atomic E-state index is 3.30. The number of hydrogen-bond donors (Lipinski definition) is 1. The van der Waals surface area contributed by atoms with Crippen LogP contribution in [0, 0.1) is 0 Å². The molecule has 0 bridgehead atoms. The average molecular weight is 172 g/mol. The van der Waals surface area contributed by atoms with E-state index in [9.17, 15) is 0 Å². The van der Waals surface area contributed by atoms with Crippen LogP contribution < -0.4 is 5.32 Å². The molecule has 0 aromatic heterocycles. The third-order valence-electron chi connectivity index (χ3n) is 2.11. The summed E-state index contributed by atoms with van der Waals surface area (Å²) in [7, 11) is 1.39. The van der Waals surface area contributed by atoms with Gasteiger partial charge in [-0.3, -0.25) is 0 Å². The molecule has 66 valence electrons. The van der Waals surface area contributed by atoms with Crippen molar-refractivity contribution >= 4 is 8.07 Å². The van der Waals surface area contributed by atoms with Crippen LogP contribution in [0.3, 0.4) is 0 Å². The number of hydrogen-bond acceptors (Lipinski definition) is 2. The molecular formula is C8H20N2Si. The SMILES string of the molecule is CN(C[Si](C)(C)C)C1CNC1. The van der Waals surface area contributed by atoms with Crippen LogP contribution >= 0.6 is 0 Å². The Balaban J connectivity index is 2.24. The van der Waals surface area contributed by atoms with Gasteiger partial charge in [-0.1, -0.05) is 19.6 Å². The van der Waals surface area contributed by atoms with Crippen LogP contribution in [-0.4, -0.2) is 45.3 Å². The van der Waals surface area contributed by atoms with Gasteiger partial charge in [0.15, 0.2) is 0 Å². The largest absolute Gasteiger partial charge is 0.314 e. The summed E-state index contributed by atoms with van der Waals surface area (Å²) in [6, 6.07) is 0.821. The first kappa shape index (κ1) is 9.23. The number of rotatable bonds is 3. The van der Waals surface area contributed by atoms with E-state index in [1.54, 1.807) is 0 Å². The quantitative estimate of drug-likeness (QED) is 0.633. The van der Waals surface area contributed by atoms with E-state index in [2.05, 4.69) is 36.9 Å². The van der Waals surface area contributed by atoms with Gasteiger partial charge in [-0.05, 0) is 13.2 Å². The van der Waals surface area contributed by atoms with Crippen LogP contribution in [0.2, 0.25) is 19.6 Å². The lowest BCUT2D eigenvalue weighted by Crippen LogP contribution is -2.58. The summed E-state index contributed by atoms with van der Waals surface area (Å²) in [5.41, 5.74) is 0. The molecule has 0 aromatic carbocycles. The Morgan fingerprint density at radius 3 is 2.18 bits per heavy atom. The van der Waals surface area contributed by atoms with E-state index in [0.717, 1.165) is 6.04 Å². The van der Waals surface area contributed by atoms with Crippen LogP contribution in [0.1, 0.15) is 0 Å². The highest BCUT2D eigenvalue weighted by molar-refractivity contribution is 6.76. The zero-order valence-electron chi connectivity index (χ0n) is 8.15. The van der Waals surface area contributed by atoms with Crippen molar-refractivity contribution in [2.75, 3.05) is 26.3 Å². The smallest absolute Gasteiger partial charge is 0.0599 e. The Hall–Kier alpha value is 0.137. The molecule has 0 aromatic rings. The van der Waals surface area contributed by atoms with E-state index < -0.39 is 8.07 Å². The first-order valence-electron chi connectivity index (χ1n) is 4.40. The van der Waals surface area contributed by atoms with Gasteiger partial charge in [0.25, 0.3) is 0 Å². The van der Waals surface area contributed by atoms with Gasteiger partial charge in [0.05, 0.1) is 8.07 Å². The Labute approximate surface area is 71.0 Å². The molecule has 0 radical (unpaired) electrons. The Kier molecular flexibility index (Phi) is 2.73. The third kappa shape index (κ3) is 2.93. The van der Waals surface area contributed by atoms with Crippen molar-refractivity contribution in [2.45, 2.75) is 25.7 Å². The normalized spacial score (nSPS) is 20.5. The fourth-order valence-electron chi connectivity index (χ4n) is 1.46. The van der Waals surface area contributed by atoms with Crippen molar-refractivity contribution in [1.82, 2.24) is 10.2 Å². The van der Waals surface area contributed by atoms with Gasteiger partial charge in [-0.2, -0.15) is 0 Å². The van der Waals surface area contributed by atoms with Crippen LogP contribution in [0.4, 0.5) is 0 Å². The second kappa shape index (κ2) is 3.25. The second-order valence-electron chi connectivity index (χ2n) is 4.79. The lowest BCUT2D eigenvalue weighted by Gasteiger charge is -2.38. The molecule has 2 nitrogen and oxygen atoms in total. The predicted molar refractivity (Wildman–Crippen MR) is 52.6 cm³/mol. The summed E-state index contributed by atoms with van der Waals surface area (Å²) in [5, 5.41) is 3.30. The molecule has 1 N–H and O–H groups in total. The fourth-order valence-corrected chi connectivity index (χ4v) is 3.22. The van der Waals surface area contributed by atoms with Gasteiger partial charge in [-0.15, -0.1) is 0 Å². The molecule has 1 heterocycles. The fraction of sp³-hybridized carbons (Fsp3) is 1.00. The van der Waals surface area contributed by atoms with Crippen molar-refractivity contribution in [3.8, 4) is 0 Å². The molecule has 1 fully saturated rings. The second-order valence-corrected chi connectivity index (χ2v) is 10.2. The first-order valence-corrected chi connectivity index (χ1v) is 8.11. The van der Waals surface area contributed by atoms with Crippen LogP contribution in [0.5, 0.6) is 0 Å². The summed E-state index contributed by atoms with van der Waals surface area (Å²) < 4.78 is 0. The van der Waals surface area contributed by atoms with E-state index in [1.165, 1.54) is 19.3 Å². The van der Waals surface area contributed by atoms with Crippen molar-refractivity contribution in [1.29, 1.82) is 0 Å². The maximum Gasteiger partial charge on any atom is 0.0599 e. The van der Waals surface area contributed by atoms with Crippen LogP contribution in [-0.2, 0) is 0 Å². The highest BCUT2D eigenvalue weighted by atomic mass is 28.3. The summed E-state index contributed by atoms with van der Waals surface area (Å²) in [6.45, 7) is 9.67. The molecule has 0 aliphatic carbocycles. The summed E-state index contributed by atoms with van der Waals surface area (Å²) in [5.74, 6) is 0.